The molecule has 1 nitrogen and oxygen atoms in total. The second kappa shape index (κ2) is 19.2. The van der Waals surface area contributed by atoms with Crippen LogP contribution in [0.15, 0.2) is 30.3 Å². The molecule has 0 fully saturated rings. The molecule has 0 bridgehead atoms. The van der Waals surface area contributed by atoms with Gasteiger partial charge in [-0.3, -0.25) is 0 Å². The lowest BCUT2D eigenvalue weighted by Crippen LogP contribution is -2.14. The van der Waals surface area contributed by atoms with E-state index in [2.05, 4.69) is 35.6 Å². The number of hydrogen-bond acceptors (Lipinski definition) is 1. The van der Waals surface area contributed by atoms with E-state index in [0.717, 1.165) is 13.1 Å². The van der Waals surface area contributed by atoms with Crippen molar-refractivity contribution in [3.8, 4) is 0 Å². The molecule has 1 rings (SSSR count). The maximum atomic E-state index is 3.55. The van der Waals surface area contributed by atoms with Crippen molar-refractivity contribution in [2.24, 2.45) is 0 Å². The molecule has 150 valence electrons. The van der Waals surface area contributed by atoms with E-state index in [9.17, 15) is 0 Å². The molecule has 26 heavy (non-hydrogen) atoms. The van der Waals surface area contributed by atoms with Gasteiger partial charge in [0.1, 0.15) is 0 Å². The third kappa shape index (κ3) is 15.6. The molecule has 1 aromatic carbocycles. The first-order valence-corrected chi connectivity index (χ1v) is 13.1. The van der Waals surface area contributed by atoms with Crippen LogP contribution in [0.2, 0.25) is 6.04 Å². The molecule has 0 spiro atoms. The van der Waals surface area contributed by atoms with Crippen LogP contribution in [0.1, 0.15) is 102 Å². The summed E-state index contributed by atoms with van der Waals surface area (Å²) in [7, 11) is 1.40. The molecule has 1 N–H and O–H groups in total. The minimum Gasteiger partial charge on any atom is -0.313 e. The first kappa shape index (κ1) is 23.4. The van der Waals surface area contributed by atoms with Gasteiger partial charge in [0.25, 0.3) is 0 Å². The average molecular weight is 376 g/mol. The van der Waals surface area contributed by atoms with Gasteiger partial charge in [0.2, 0.25) is 0 Å². The van der Waals surface area contributed by atoms with Crippen molar-refractivity contribution >= 4 is 10.2 Å². The zero-order valence-corrected chi connectivity index (χ0v) is 19.6. The summed E-state index contributed by atoms with van der Waals surface area (Å²) in [5.74, 6) is 0. The summed E-state index contributed by atoms with van der Waals surface area (Å²) in [5.41, 5.74) is 1.39. The summed E-state index contributed by atoms with van der Waals surface area (Å²) in [6, 6.07) is 12.2. The second-order valence-electron chi connectivity index (χ2n) is 7.97. The van der Waals surface area contributed by atoms with Crippen molar-refractivity contribution in [2.75, 3.05) is 6.54 Å². The molecule has 0 radical (unpaired) electrons. The van der Waals surface area contributed by atoms with Gasteiger partial charge < -0.3 is 5.32 Å². The minimum absolute atomic E-state index is 1.01. The summed E-state index contributed by atoms with van der Waals surface area (Å²) in [5, 5.41) is 3.55. The highest BCUT2D eigenvalue weighted by Crippen LogP contribution is 2.13. The van der Waals surface area contributed by atoms with Gasteiger partial charge in [-0.25, -0.2) is 0 Å². The first-order valence-electron chi connectivity index (χ1n) is 11.7. The summed E-state index contributed by atoms with van der Waals surface area (Å²) in [6.07, 6.45) is 21.9. The van der Waals surface area contributed by atoms with E-state index in [1.165, 1.54) is 118 Å². The van der Waals surface area contributed by atoms with Gasteiger partial charge >= 0.3 is 0 Å². The molecular formula is C24H45NSi. The summed E-state index contributed by atoms with van der Waals surface area (Å²) in [6.45, 7) is 2.18. The molecule has 0 unspecified atom stereocenters. The monoisotopic (exact) mass is 375 g/mol. The lowest BCUT2D eigenvalue weighted by Gasteiger charge is -2.05. The van der Waals surface area contributed by atoms with Gasteiger partial charge in [0.05, 0.1) is 0 Å². The number of benzene rings is 1. The summed E-state index contributed by atoms with van der Waals surface area (Å²) in [4.78, 5) is 0. The van der Waals surface area contributed by atoms with E-state index in [-0.39, 0.29) is 0 Å². The van der Waals surface area contributed by atoms with Gasteiger partial charge in [-0.05, 0) is 18.5 Å². The molecule has 0 aliphatic heterocycles. The topological polar surface area (TPSA) is 12.0 Å². The van der Waals surface area contributed by atoms with Crippen LogP contribution in [-0.4, -0.2) is 16.8 Å². The van der Waals surface area contributed by atoms with Crippen molar-refractivity contribution in [1.29, 1.82) is 0 Å². The number of unbranched alkanes of at least 4 members (excludes halogenated alkanes) is 14. The van der Waals surface area contributed by atoms with E-state index < -0.39 is 0 Å². The second-order valence-corrected chi connectivity index (χ2v) is 8.97. The lowest BCUT2D eigenvalue weighted by molar-refractivity contribution is 0.527. The Kier molecular flexibility index (Phi) is 17.3. The normalized spacial score (nSPS) is 11.2. The van der Waals surface area contributed by atoms with E-state index >= 15 is 0 Å². The predicted molar refractivity (Wildman–Crippen MR) is 122 cm³/mol. The number of hydrogen-bond donors (Lipinski definition) is 1. The van der Waals surface area contributed by atoms with E-state index in [1.807, 2.05) is 0 Å². The minimum atomic E-state index is 1.01. The van der Waals surface area contributed by atoms with Gasteiger partial charge in [0, 0.05) is 16.8 Å². The third-order valence-electron chi connectivity index (χ3n) is 5.38. The van der Waals surface area contributed by atoms with Crippen LogP contribution < -0.4 is 5.32 Å². The highest BCUT2D eigenvalue weighted by Gasteiger charge is 1.95. The number of rotatable bonds is 19. The van der Waals surface area contributed by atoms with Crippen molar-refractivity contribution in [3.63, 3.8) is 0 Å². The highest BCUT2D eigenvalue weighted by molar-refractivity contribution is 6.08. The van der Waals surface area contributed by atoms with Crippen LogP contribution >= 0.6 is 0 Å². The molecule has 0 aliphatic rings. The smallest absolute Gasteiger partial charge is 0.0205 e. The average Bonchev–Trinajstić information content (AvgIpc) is 2.68. The van der Waals surface area contributed by atoms with Gasteiger partial charge in [-0.1, -0.05) is 126 Å². The molecule has 0 aliphatic carbocycles. The molecule has 2 heteroatoms. The largest absolute Gasteiger partial charge is 0.313 e. The fourth-order valence-electron chi connectivity index (χ4n) is 3.63. The summed E-state index contributed by atoms with van der Waals surface area (Å²) >= 11 is 0. The fraction of sp³-hybridized carbons (Fsp3) is 0.750. The predicted octanol–water partition coefficient (Wildman–Crippen LogP) is 6.41. The van der Waals surface area contributed by atoms with Crippen LogP contribution in [0.5, 0.6) is 0 Å². The molecule has 1 aromatic rings. The molecule has 0 heterocycles. The van der Waals surface area contributed by atoms with Gasteiger partial charge in [-0.15, -0.1) is 0 Å². The molecule has 0 saturated carbocycles. The molecule has 0 atom stereocenters. The van der Waals surface area contributed by atoms with Crippen molar-refractivity contribution in [1.82, 2.24) is 5.32 Å². The Balaban J connectivity index is 1.68. The van der Waals surface area contributed by atoms with Crippen molar-refractivity contribution < 1.29 is 0 Å². The maximum absolute atomic E-state index is 3.55. The van der Waals surface area contributed by atoms with Crippen LogP contribution in [0.25, 0.3) is 0 Å². The standard InChI is InChI=1S/C24H45NSi/c26-22-18-13-11-9-7-5-3-1-2-4-6-8-10-12-17-21-25-23-24-19-15-14-16-20-24/h14-16,19-20,25H,1-13,17-18,21-23H2,26H3. The highest BCUT2D eigenvalue weighted by atomic mass is 28.1. The zero-order chi connectivity index (χ0) is 18.5. The Morgan fingerprint density at radius 2 is 0.962 bits per heavy atom. The molecule has 0 saturated heterocycles. The Bertz CT molecular complexity index is 379. The Hall–Kier alpha value is -0.603. The third-order valence-corrected chi connectivity index (χ3v) is 6.09. The van der Waals surface area contributed by atoms with E-state index in [0.29, 0.717) is 0 Å². The summed E-state index contributed by atoms with van der Waals surface area (Å²) < 4.78 is 0. The van der Waals surface area contributed by atoms with Crippen LogP contribution in [0, 0.1) is 0 Å². The Morgan fingerprint density at radius 1 is 0.538 bits per heavy atom. The number of nitrogens with one attached hydrogen (secondary N) is 1. The van der Waals surface area contributed by atoms with Crippen LogP contribution in [-0.2, 0) is 6.54 Å². The fourth-order valence-corrected chi connectivity index (χ4v) is 4.13. The van der Waals surface area contributed by atoms with Crippen LogP contribution in [0.3, 0.4) is 0 Å². The van der Waals surface area contributed by atoms with Gasteiger partial charge in [0.15, 0.2) is 0 Å². The Labute approximate surface area is 167 Å². The zero-order valence-electron chi connectivity index (χ0n) is 17.6. The first-order chi connectivity index (χ1) is 12.9. The molecule has 0 aromatic heterocycles. The SMILES string of the molecule is [SiH3]CCCCCCCCCCCCCCCCCNCc1ccccc1. The van der Waals surface area contributed by atoms with E-state index in [4.69, 9.17) is 0 Å². The van der Waals surface area contributed by atoms with Crippen molar-refractivity contribution in [3.05, 3.63) is 35.9 Å². The quantitative estimate of drug-likeness (QED) is 0.217. The Morgan fingerprint density at radius 3 is 1.42 bits per heavy atom. The van der Waals surface area contributed by atoms with Crippen LogP contribution in [0.4, 0.5) is 0 Å². The maximum Gasteiger partial charge on any atom is 0.0205 e. The molecule has 0 amide bonds. The lowest BCUT2D eigenvalue weighted by atomic mass is 10.0. The van der Waals surface area contributed by atoms with E-state index in [1.54, 1.807) is 0 Å². The van der Waals surface area contributed by atoms with Crippen molar-refractivity contribution in [2.45, 2.75) is 109 Å². The van der Waals surface area contributed by atoms with Gasteiger partial charge in [-0.2, -0.15) is 0 Å². The molecular weight excluding hydrogens is 330 g/mol.